The van der Waals surface area contributed by atoms with Crippen molar-refractivity contribution in [3.05, 3.63) is 40.2 Å². The van der Waals surface area contributed by atoms with Gasteiger partial charge >= 0.3 is 11.6 Å². The van der Waals surface area contributed by atoms with E-state index >= 15 is 0 Å². The van der Waals surface area contributed by atoms with E-state index in [1.165, 1.54) is 37.5 Å². The maximum absolute atomic E-state index is 12.2. The second kappa shape index (κ2) is 5.96. The van der Waals surface area contributed by atoms with Crippen LogP contribution in [0.4, 0.5) is 0 Å². The molecule has 2 aliphatic rings. The summed E-state index contributed by atoms with van der Waals surface area (Å²) in [6, 6.07) is 5.90. The van der Waals surface area contributed by atoms with Crippen LogP contribution in [0, 0.1) is 17.8 Å². The van der Waals surface area contributed by atoms with Crippen LogP contribution in [0.3, 0.4) is 0 Å². The van der Waals surface area contributed by atoms with Crippen LogP contribution >= 0.6 is 0 Å². The van der Waals surface area contributed by atoms with E-state index in [1.54, 1.807) is 6.07 Å². The SMILES string of the molecule is O=C(C[C@@H]1C[C@H]2CC[C@@H]1C2)OCc1cc(=O)oc2cc(O)ccc12. The lowest BCUT2D eigenvalue weighted by molar-refractivity contribution is -0.146. The molecule has 1 aromatic carbocycles. The highest BCUT2D eigenvalue weighted by Gasteiger charge is 2.40. The topological polar surface area (TPSA) is 76.7 Å². The molecule has 1 aromatic heterocycles. The predicted molar refractivity (Wildman–Crippen MR) is 87.5 cm³/mol. The van der Waals surface area contributed by atoms with Crippen molar-refractivity contribution >= 4 is 16.9 Å². The summed E-state index contributed by atoms with van der Waals surface area (Å²) in [4.78, 5) is 23.8. The van der Waals surface area contributed by atoms with E-state index in [0.717, 1.165) is 12.3 Å². The maximum atomic E-state index is 12.2. The van der Waals surface area contributed by atoms with Gasteiger partial charge in [0, 0.05) is 29.5 Å². The zero-order valence-electron chi connectivity index (χ0n) is 13.4. The van der Waals surface area contributed by atoms with Crippen LogP contribution < -0.4 is 5.63 Å². The lowest BCUT2D eigenvalue weighted by atomic mass is 9.86. The van der Waals surface area contributed by atoms with Crippen LogP contribution in [0.25, 0.3) is 11.0 Å². The van der Waals surface area contributed by atoms with Crippen molar-refractivity contribution in [2.24, 2.45) is 17.8 Å². The minimum atomic E-state index is -0.521. The molecule has 0 amide bonds. The Bertz CT molecular complexity index is 837. The third-order valence-corrected chi connectivity index (χ3v) is 5.52. The lowest BCUT2D eigenvalue weighted by Crippen LogP contribution is -2.17. The van der Waals surface area contributed by atoms with Crippen molar-refractivity contribution in [2.45, 2.75) is 38.7 Å². The molecular weight excluding hydrogens is 308 g/mol. The predicted octanol–water partition coefficient (Wildman–Crippen LogP) is 3.37. The number of hydrogen-bond donors (Lipinski definition) is 1. The Morgan fingerprint density at radius 2 is 2.12 bits per heavy atom. The number of phenols is 1. The number of benzene rings is 1. The molecule has 3 atom stereocenters. The first-order valence-corrected chi connectivity index (χ1v) is 8.50. The molecule has 0 radical (unpaired) electrons. The number of fused-ring (bicyclic) bond motifs is 3. The van der Waals surface area contributed by atoms with E-state index in [4.69, 9.17) is 9.15 Å². The van der Waals surface area contributed by atoms with Crippen LogP contribution in [0.1, 0.15) is 37.7 Å². The smallest absolute Gasteiger partial charge is 0.336 e. The number of rotatable bonds is 4. The Kier molecular flexibility index (Phi) is 3.79. The van der Waals surface area contributed by atoms with Gasteiger partial charge in [0.05, 0.1) is 0 Å². The fraction of sp³-hybridized carbons (Fsp3) is 0.474. The Labute approximate surface area is 139 Å². The highest BCUT2D eigenvalue weighted by Crippen LogP contribution is 2.49. The number of phenolic OH excluding ortho intramolecular Hbond substituents is 1. The van der Waals surface area contributed by atoms with Gasteiger partial charge in [0.1, 0.15) is 17.9 Å². The third-order valence-electron chi connectivity index (χ3n) is 5.52. The molecule has 1 N–H and O–H groups in total. The van der Waals surface area contributed by atoms with Crippen LogP contribution in [0.2, 0.25) is 0 Å². The summed E-state index contributed by atoms with van der Waals surface area (Å²) in [5.41, 5.74) is 0.372. The zero-order chi connectivity index (χ0) is 16.7. The van der Waals surface area contributed by atoms with E-state index in [0.29, 0.717) is 34.8 Å². The number of ether oxygens (including phenoxy) is 1. The molecule has 24 heavy (non-hydrogen) atoms. The number of hydrogen-bond acceptors (Lipinski definition) is 5. The van der Waals surface area contributed by atoms with Crippen molar-refractivity contribution in [1.82, 2.24) is 0 Å². The largest absolute Gasteiger partial charge is 0.508 e. The number of esters is 1. The maximum Gasteiger partial charge on any atom is 0.336 e. The lowest BCUT2D eigenvalue weighted by Gasteiger charge is -2.20. The minimum Gasteiger partial charge on any atom is -0.508 e. The zero-order valence-corrected chi connectivity index (χ0v) is 13.4. The first-order chi connectivity index (χ1) is 11.6. The number of carbonyl (C=O) groups is 1. The molecule has 0 unspecified atom stereocenters. The molecular formula is C19H20O5. The third kappa shape index (κ3) is 2.90. The average Bonchev–Trinajstić information content (AvgIpc) is 3.14. The molecule has 0 saturated heterocycles. The standard InChI is InChI=1S/C19H20O5/c20-15-3-4-16-14(8-19(22)24-17(16)9-15)10-23-18(21)7-13-6-11-1-2-12(13)5-11/h3-4,8-9,11-13,20H,1-2,5-7,10H2/t11-,12+,13-/m0/s1. The molecule has 2 aromatic rings. The Morgan fingerprint density at radius 3 is 2.88 bits per heavy atom. The van der Waals surface area contributed by atoms with Gasteiger partial charge in [-0.3, -0.25) is 4.79 Å². The van der Waals surface area contributed by atoms with Gasteiger partial charge in [0.2, 0.25) is 0 Å². The van der Waals surface area contributed by atoms with E-state index < -0.39 is 5.63 Å². The second-order valence-corrected chi connectivity index (χ2v) is 7.07. The highest BCUT2D eigenvalue weighted by molar-refractivity contribution is 5.81. The quantitative estimate of drug-likeness (QED) is 0.688. The summed E-state index contributed by atoms with van der Waals surface area (Å²) in [5, 5.41) is 10.2. The van der Waals surface area contributed by atoms with Crippen LogP contribution in [-0.4, -0.2) is 11.1 Å². The summed E-state index contributed by atoms with van der Waals surface area (Å²) < 4.78 is 10.5. The first-order valence-electron chi connectivity index (χ1n) is 8.50. The molecule has 2 bridgehead atoms. The normalized spacial score (nSPS) is 25.2. The Balaban J connectivity index is 1.44. The summed E-state index contributed by atoms with van der Waals surface area (Å²) in [6.45, 7) is 0.0481. The van der Waals surface area contributed by atoms with Crippen molar-refractivity contribution in [3.63, 3.8) is 0 Å². The van der Waals surface area contributed by atoms with Gasteiger partial charge in [-0.05, 0) is 49.1 Å². The van der Waals surface area contributed by atoms with Crippen molar-refractivity contribution in [2.75, 3.05) is 0 Å². The molecule has 5 heteroatoms. The molecule has 0 aliphatic heterocycles. The summed E-state index contributed by atoms with van der Waals surface area (Å²) >= 11 is 0. The van der Waals surface area contributed by atoms with Crippen molar-refractivity contribution in [1.29, 1.82) is 0 Å². The Morgan fingerprint density at radius 1 is 1.25 bits per heavy atom. The Hall–Kier alpha value is -2.30. The van der Waals surface area contributed by atoms with E-state index in [2.05, 4.69) is 0 Å². The second-order valence-electron chi connectivity index (χ2n) is 7.07. The summed E-state index contributed by atoms with van der Waals surface area (Å²) in [6.07, 6.45) is 5.45. The molecule has 1 heterocycles. The van der Waals surface area contributed by atoms with Gasteiger partial charge in [-0.1, -0.05) is 6.42 Å². The summed E-state index contributed by atoms with van der Waals surface area (Å²) in [5.74, 6) is 1.79. The number of aromatic hydroxyl groups is 1. The van der Waals surface area contributed by atoms with Crippen LogP contribution in [-0.2, 0) is 16.1 Å². The summed E-state index contributed by atoms with van der Waals surface area (Å²) in [7, 11) is 0. The van der Waals surface area contributed by atoms with Gasteiger partial charge < -0.3 is 14.3 Å². The fourth-order valence-electron chi connectivity index (χ4n) is 4.40. The van der Waals surface area contributed by atoms with Crippen molar-refractivity contribution in [3.8, 4) is 5.75 Å². The number of carbonyl (C=O) groups excluding carboxylic acids is 1. The first kappa shape index (κ1) is 15.2. The molecule has 5 nitrogen and oxygen atoms in total. The minimum absolute atomic E-state index is 0.0241. The van der Waals surface area contributed by atoms with Gasteiger partial charge in [0.25, 0.3) is 0 Å². The monoisotopic (exact) mass is 328 g/mol. The molecule has 2 fully saturated rings. The highest BCUT2D eigenvalue weighted by atomic mass is 16.5. The van der Waals surface area contributed by atoms with Gasteiger partial charge in [-0.2, -0.15) is 0 Å². The molecule has 126 valence electrons. The van der Waals surface area contributed by atoms with Gasteiger partial charge in [0.15, 0.2) is 0 Å². The van der Waals surface area contributed by atoms with Crippen LogP contribution in [0.15, 0.2) is 33.5 Å². The van der Waals surface area contributed by atoms with E-state index in [1.807, 2.05) is 0 Å². The van der Waals surface area contributed by atoms with Crippen LogP contribution in [0.5, 0.6) is 5.75 Å². The molecule has 2 aliphatic carbocycles. The molecule has 0 spiro atoms. The van der Waals surface area contributed by atoms with Crippen molar-refractivity contribution < 1.29 is 19.1 Å². The molecule has 4 rings (SSSR count). The van der Waals surface area contributed by atoms with E-state index in [9.17, 15) is 14.7 Å². The van der Waals surface area contributed by atoms with Gasteiger partial charge in [-0.15, -0.1) is 0 Å². The van der Waals surface area contributed by atoms with Gasteiger partial charge in [-0.25, -0.2) is 4.79 Å². The van der Waals surface area contributed by atoms with E-state index in [-0.39, 0.29) is 18.3 Å². The fourth-order valence-corrected chi connectivity index (χ4v) is 4.40. The molecule has 2 saturated carbocycles. The average molecular weight is 328 g/mol.